The second-order valence-electron chi connectivity index (χ2n) is 3.44. The minimum Gasteiger partial charge on any atom is -0.298 e. The van der Waals surface area contributed by atoms with E-state index in [9.17, 15) is 14.4 Å². The summed E-state index contributed by atoms with van der Waals surface area (Å²) in [6.45, 7) is 1.87. The molecule has 0 bridgehead atoms. The van der Waals surface area contributed by atoms with E-state index in [-0.39, 0.29) is 17.3 Å². The first-order valence-electron chi connectivity index (χ1n) is 4.75. The summed E-state index contributed by atoms with van der Waals surface area (Å²) >= 11 is 0. The summed E-state index contributed by atoms with van der Waals surface area (Å²) < 4.78 is 0. The summed E-state index contributed by atoms with van der Waals surface area (Å²) in [5.41, 5.74) is 0. The zero-order chi connectivity index (χ0) is 9.84. The third-order valence-electron chi connectivity index (χ3n) is 2.31. The molecular formula is C10H14O3. The highest BCUT2D eigenvalue weighted by molar-refractivity contribution is 6.20. The minimum absolute atomic E-state index is 0.172. The van der Waals surface area contributed by atoms with Crippen LogP contribution in [0.25, 0.3) is 0 Å². The monoisotopic (exact) mass is 182 g/mol. The molecule has 0 aliphatic heterocycles. The molecule has 1 aliphatic rings. The fourth-order valence-corrected chi connectivity index (χ4v) is 1.65. The van der Waals surface area contributed by atoms with E-state index in [1.54, 1.807) is 0 Å². The van der Waals surface area contributed by atoms with Crippen LogP contribution in [0.5, 0.6) is 0 Å². The van der Waals surface area contributed by atoms with E-state index in [1.807, 2.05) is 6.92 Å². The molecule has 0 N–H and O–H groups in total. The van der Waals surface area contributed by atoms with Crippen LogP contribution < -0.4 is 0 Å². The largest absolute Gasteiger partial charge is 0.298 e. The molecule has 3 nitrogen and oxygen atoms in total. The molecule has 0 heterocycles. The van der Waals surface area contributed by atoms with Crippen molar-refractivity contribution in [2.24, 2.45) is 5.92 Å². The Kier molecular flexibility index (Phi) is 3.34. The van der Waals surface area contributed by atoms with Gasteiger partial charge in [-0.25, -0.2) is 0 Å². The standard InChI is InChI=1S/C10H14O3/c1-2-4-7(11)10-8(12)5-3-6-9(10)13/h10H,2-6H2,1H3. The third kappa shape index (κ3) is 2.23. The molecule has 0 aromatic carbocycles. The van der Waals surface area contributed by atoms with Gasteiger partial charge in [0.15, 0.2) is 17.3 Å². The van der Waals surface area contributed by atoms with E-state index >= 15 is 0 Å². The number of hydrogen-bond donors (Lipinski definition) is 0. The van der Waals surface area contributed by atoms with Crippen molar-refractivity contribution < 1.29 is 14.4 Å². The number of rotatable bonds is 3. The molecule has 1 saturated carbocycles. The highest BCUT2D eigenvalue weighted by Crippen LogP contribution is 2.19. The average Bonchev–Trinajstić information content (AvgIpc) is 2.04. The zero-order valence-corrected chi connectivity index (χ0v) is 7.84. The number of carbonyl (C=O) groups excluding carboxylic acids is 3. The van der Waals surface area contributed by atoms with Crippen molar-refractivity contribution in [3.8, 4) is 0 Å². The van der Waals surface area contributed by atoms with Crippen molar-refractivity contribution in [3.05, 3.63) is 0 Å². The molecule has 1 aliphatic carbocycles. The second kappa shape index (κ2) is 4.30. The number of hydrogen-bond acceptors (Lipinski definition) is 3. The summed E-state index contributed by atoms with van der Waals surface area (Å²) in [6.07, 6.45) is 2.46. The molecule has 0 atom stereocenters. The highest BCUT2D eigenvalue weighted by atomic mass is 16.2. The lowest BCUT2D eigenvalue weighted by atomic mass is 9.82. The summed E-state index contributed by atoms with van der Waals surface area (Å²) in [4.78, 5) is 33.9. The Hall–Kier alpha value is -0.990. The number of ketones is 3. The van der Waals surface area contributed by atoms with E-state index in [0.717, 1.165) is 0 Å². The molecule has 3 heteroatoms. The lowest BCUT2D eigenvalue weighted by Gasteiger charge is -2.17. The van der Waals surface area contributed by atoms with Gasteiger partial charge < -0.3 is 0 Å². The first kappa shape index (κ1) is 10.1. The van der Waals surface area contributed by atoms with Gasteiger partial charge in [0.1, 0.15) is 5.92 Å². The van der Waals surface area contributed by atoms with Gasteiger partial charge in [-0.1, -0.05) is 6.92 Å². The smallest absolute Gasteiger partial charge is 0.150 e. The minimum atomic E-state index is -0.909. The van der Waals surface area contributed by atoms with Crippen LogP contribution in [0.1, 0.15) is 39.0 Å². The molecular weight excluding hydrogens is 168 g/mol. The van der Waals surface area contributed by atoms with E-state index in [0.29, 0.717) is 32.1 Å². The van der Waals surface area contributed by atoms with Crippen molar-refractivity contribution >= 4 is 17.3 Å². The Morgan fingerprint density at radius 3 is 2.31 bits per heavy atom. The molecule has 1 rings (SSSR count). The first-order chi connectivity index (χ1) is 6.16. The van der Waals surface area contributed by atoms with Gasteiger partial charge in [0.2, 0.25) is 0 Å². The Balaban J connectivity index is 2.68. The SMILES string of the molecule is CCCC(=O)C1C(=O)CCCC1=O. The number of Topliss-reactive ketones (excluding diaryl/α,β-unsaturated/α-hetero) is 3. The van der Waals surface area contributed by atoms with Crippen LogP contribution in [0.2, 0.25) is 0 Å². The van der Waals surface area contributed by atoms with Crippen molar-refractivity contribution in [2.45, 2.75) is 39.0 Å². The first-order valence-corrected chi connectivity index (χ1v) is 4.75. The predicted octanol–water partition coefficient (Wildman–Crippen LogP) is 1.29. The van der Waals surface area contributed by atoms with Gasteiger partial charge in [-0.05, 0) is 12.8 Å². The zero-order valence-electron chi connectivity index (χ0n) is 7.84. The van der Waals surface area contributed by atoms with Crippen LogP contribution in [0.15, 0.2) is 0 Å². The van der Waals surface area contributed by atoms with Crippen LogP contribution in [-0.4, -0.2) is 17.3 Å². The molecule has 0 saturated heterocycles. The van der Waals surface area contributed by atoms with Gasteiger partial charge in [0.25, 0.3) is 0 Å². The Morgan fingerprint density at radius 2 is 1.85 bits per heavy atom. The van der Waals surface area contributed by atoms with Crippen LogP contribution in [0, 0.1) is 5.92 Å². The van der Waals surface area contributed by atoms with Gasteiger partial charge in [-0.3, -0.25) is 14.4 Å². The van der Waals surface area contributed by atoms with Crippen LogP contribution in [0.4, 0.5) is 0 Å². The quantitative estimate of drug-likeness (QED) is 0.618. The maximum atomic E-state index is 11.4. The van der Waals surface area contributed by atoms with Gasteiger partial charge in [-0.2, -0.15) is 0 Å². The fourth-order valence-electron chi connectivity index (χ4n) is 1.65. The molecule has 0 unspecified atom stereocenters. The number of carbonyl (C=O) groups is 3. The Morgan fingerprint density at radius 1 is 1.31 bits per heavy atom. The van der Waals surface area contributed by atoms with E-state index in [1.165, 1.54) is 0 Å². The summed E-state index contributed by atoms with van der Waals surface area (Å²) in [6, 6.07) is 0. The van der Waals surface area contributed by atoms with Crippen molar-refractivity contribution in [2.75, 3.05) is 0 Å². The van der Waals surface area contributed by atoms with Gasteiger partial charge >= 0.3 is 0 Å². The van der Waals surface area contributed by atoms with Gasteiger partial charge in [-0.15, -0.1) is 0 Å². The molecule has 13 heavy (non-hydrogen) atoms. The van der Waals surface area contributed by atoms with Crippen molar-refractivity contribution in [1.29, 1.82) is 0 Å². The van der Waals surface area contributed by atoms with Gasteiger partial charge in [0.05, 0.1) is 0 Å². The molecule has 0 spiro atoms. The Bertz CT molecular complexity index is 227. The summed E-state index contributed by atoms with van der Waals surface area (Å²) in [7, 11) is 0. The van der Waals surface area contributed by atoms with E-state index in [4.69, 9.17) is 0 Å². The van der Waals surface area contributed by atoms with Crippen LogP contribution >= 0.6 is 0 Å². The summed E-state index contributed by atoms with van der Waals surface area (Å²) in [5.74, 6) is -1.43. The van der Waals surface area contributed by atoms with Crippen molar-refractivity contribution in [3.63, 3.8) is 0 Å². The fraction of sp³-hybridized carbons (Fsp3) is 0.700. The van der Waals surface area contributed by atoms with Crippen molar-refractivity contribution in [1.82, 2.24) is 0 Å². The molecule has 0 aromatic heterocycles. The molecule has 0 radical (unpaired) electrons. The molecule has 0 amide bonds. The van der Waals surface area contributed by atoms with Crippen LogP contribution in [0.3, 0.4) is 0 Å². The maximum absolute atomic E-state index is 11.4. The van der Waals surface area contributed by atoms with E-state index < -0.39 is 5.92 Å². The third-order valence-corrected chi connectivity index (χ3v) is 2.31. The summed E-state index contributed by atoms with van der Waals surface area (Å²) in [5, 5.41) is 0. The topological polar surface area (TPSA) is 51.2 Å². The normalized spacial score (nSPS) is 19.2. The molecule has 1 fully saturated rings. The predicted molar refractivity (Wildman–Crippen MR) is 47.3 cm³/mol. The maximum Gasteiger partial charge on any atom is 0.150 e. The van der Waals surface area contributed by atoms with E-state index in [2.05, 4.69) is 0 Å². The lowest BCUT2D eigenvalue weighted by Crippen LogP contribution is -2.35. The van der Waals surface area contributed by atoms with Crippen LogP contribution in [-0.2, 0) is 14.4 Å². The Labute approximate surface area is 77.5 Å². The van der Waals surface area contributed by atoms with Gasteiger partial charge in [0, 0.05) is 19.3 Å². The average molecular weight is 182 g/mol. The lowest BCUT2D eigenvalue weighted by molar-refractivity contribution is -0.142. The molecule has 72 valence electrons. The molecule has 0 aromatic rings. The highest BCUT2D eigenvalue weighted by Gasteiger charge is 2.34. The second-order valence-corrected chi connectivity index (χ2v) is 3.44.